The second-order valence-corrected chi connectivity index (χ2v) is 3.90. The van der Waals surface area contributed by atoms with Crippen molar-refractivity contribution in [1.82, 2.24) is 4.98 Å². The lowest BCUT2D eigenvalue weighted by Gasteiger charge is -2.06. The van der Waals surface area contributed by atoms with Gasteiger partial charge in [-0.25, -0.2) is 14.6 Å². The van der Waals surface area contributed by atoms with E-state index >= 15 is 0 Å². The Morgan fingerprint density at radius 2 is 1.85 bits per heavy atom. The van der Waals surface area contributed by atoms with Crippen LogP contribution in [0, 0.1) is 0 Å². The quantitative estimate of drug-likeness (QED) is 0.892. The summed E-state index contributed by atoms with van der Waals surface area (Å²) in [6.45, 7) is 0.130. The number of anilines is 1. The fourth-order valence-corrected chi connectivity index (χ4v) is 1.49. The van der Waals surface area contributed by atoms with Crippen LogP contribution in [0.25, 0.3) is 0 Å². The number of hydrogen-bond donors (Lipinski definition) is 2. The van der Waals surface area contributed by atoms with Crippen LogP contribution >= 0.6 is 0 Å². The van der Waals surface area contributed by atoms with Crippen LogP contribution in [0.3, 0.4) is 0 Å². The number of pyridine rings is 1. The number of carbonyl (C=O) groups is 2. The number of benzene rings is 1. The summed E-state index contributed by atoms with van der Waals surface area (Å²) in [4.78, 5) is 26.0. The average molecular weight is 272 g/mol. The highest BCUT2D eigenvalue weighted by molar-refractivity contribution is 5.87. The number of carbonyl (C=O) groups excluding carboxylic acids is 1. The van der Waals surface area contributed by atoms with Gasteiger partial charge >= 0.3 is 12.1 Å². The summed E-state index contributed by atoms with van der Waals surface area (Å²) in [6, 6.07) is 13.5. The molecule has 2 N–H and O–H groups in total. The van der Waals surface area contributed by atoms with Gasteiger partial charge < -0.3 is 9.84 Å². The highest BCUT2D eigenvalue weighted by atomic mass is 16.5. The summed E-state index contributed by atoms with van der Waals surface area (Å²) in [7, 11) is 0. The summed E-state index contributed by atoms with van der Waals surface area (Å²) in [5.41, 5.74) is 0.709. The molecule has 0 aliphatic rings. The highest BCUT2D eigenvalue weighted by Gasteiger charge is 2.08. The van der Waals surface area contributed by atoms with E-state index in [1.54, 1.807) is 0 Å². The zero-order chi connectivity index (χ0) is 14.4. The first-order valence-corrected chi connectivity index (χ1v) is 5.83. The van der Waals surface area contributed by atoms with Gasteiger partial charge in [0.1, 0.15) is 12.4 Å². The number of hydrogen-bond acceptors (Lipinski definition) is 4. The Hall–Kier alpha value is -2.89. The Morgan fingerprint density at radius 1 is 1.10 bits per heavy atom. The fourth-order valence-electron chi connectivity index (χ4n) is 1.49. The average Bonchev–Trinajstić information content (AvgIpc) is 2.46. The number of ether oxygens (including phenoxy) is 1. The molecule has 0 saturated carbocycles. The molecule has 6 nitrogen and oxygen atoms in total. The molecule has 0 atom stereocenters. The predicted molar refractivity (Wildman–Crippen MR) is 71.4 cm³/mol. The van der Waals surface area contributed by atoms with Gasteiger partial charge in [-0.1, -0.05) is 36.4 Å². The normalized spacial score (nSPS) is 9.80. The summed E-state index contributed by atoms with van der Waals surface area (Å²) >= 11 is 0. The zero-order valence-electron chi connectivity index (χ0n) is 10.4. The van der Waals surface area contributed by atoms with E-state index < -0.39 is 12.1 Å². The second kappa shape index (κ2) is 6.33. The third-order valence-electron chi connectivity index (χ3n) is 2.41. The topological polar surface area (TPSA) is 88.5 Å². The Bertz CT molecular complexity index is 614. The van der Waals surface area contributed by atoms with E-state index in [0.29, 0.717) is 0 Å². The van der Waals surface area contributed by atoms with Crippen molar-refractivity contribution in [2.45, 2.75) is 6.61 Å². The van der Waals surface area contributed by atoms with Crippen LogP contribution in [-0.2, 0) is 11.3 Å². The van der Waals surface area contributed by atoms with E-state index in [1.807, 2.05) is 30.3 Å². The highest BCUT2D eigenvalue weighted by Crippen LogP contribution is 2.07. The first kappa shape index (κ1) is 13.5. The number of aromatic carboxylic acids is 1. The lowest BCUT2D eigenvalue weighted by molar-refractivity contribution is 0.0690. The Kier molecular flexibility index (Phi) is 4.28. The number of amides is 1. The van der Waals surface area contributed by atoms with Gasteiger partial charge in [0.05, 0.1) is 0 Å². The molecule has 6 heteroatoms. The van der Waals surface area contributed by atoms with E-state index in [2.05, 4.69) is 10.3 Å². The first-order valence-electron chi connectivity index (χ1n) is 5.83. The van der Waals surface area contributed by atoms with Crippen LogP contribution in [0.15, 0.2) is 48.5 Å². The van der Waals surface area contributed by atoms with Crippen molar-refractivity contribution in [3.8, 4) is 0 Å². The molecule has 2 aromatic rings. The third kappa shape index (κ3) is 3.81. The smallest absolute Gasteiger partial charge is 0.413 e. The lowest BCUT2D eigenvalue weighted by atomic mass is 10.2. The van der Waals surface area contributed by atoms with Gasteiger partial charge in [-0.15, -0.1) is 0 Å². The molecule has 1 aromatic heterocycles. The minimum atomic E-state index is -1.16. The van der Waals surface area contributed by atoms with Crippen LogP contribution in [0.5, 0.6) is 0 Å². The molecule has 0 aliphatic heterocycles. The number of nitrogens with one attached hydrogen (secondary N) is 1. The summed E-state index contributed by atoms with van der Waals surface area (Å²) < 4.78 is 4.99. The van der Waals surface area contributed by atoms with Gasteiger partial charge in [0.25, 0.3) is 0 Å². The van der Waals surface area contributed by atoms with Gasteiger partial charge in [0, 0.05) is 0 Å². The van der Waals surface area contributed by atoms with Gasteiger partial charge in [-0.3, -0.25) is 5.32 Å². The maximum absolute atomic E-state index is 11.5. The SMILES string of the molecule is O=C(Nc1cccc(C(=O)O)n1)OCc1ccccc1. The van der Waals surface area contributed by atoms with Crippen LogP contribution < -0.4 is 5.32 Å². The van der Waals surface area contributed by atoms with Gasteiger partial charge in [0.15, 0.2) is 5.69 Å². The molecule has 1 amide bonds. The number of aromatic nitrogens is 1. The van der Waals surface area contributed by atoms with Crippen molar-refractivity contribution < 1.29 is 19.4 Å². The van der Waals surface area contributed by atoms with E-state index in [-0.39, 0.29) is 18.1 Å². The summed E-state index contributed by atoms with van der Waals surface area (Å²) in [5, 5.41) is 11.2. The number of nitrogens with zero attached hydrogens (tertiary/aromatic N) is 1. The molecular weight excluding hydrogens is 260 g/mol. The molecule has 1 aromatic carbocycles. The molecule has 2 rings (SSSR count). The Labute approximate surface area is 115 Å². The van der Waals surface area contributed by atoms with Crippen LogP contribution in [0.2, 0.25) is 0 Å². The monoisotopic (exact) mass is 272 g/mol. The van der Waals surface area contributed by atoms with Crippen LogP contribution in [0.1, 0.15) is 16.1 Å². The van der Waals surface area contributed by atoms with Crippen LogP contribution in [0.4, 0.5) is 10.6 Å². The maximum atomic E-state index is 11.5. The maximum Gasteiger partial charge on any atom is 0.413 e. The molecule has 102 valence electrons. The van der Waals surface area contributed by atoms with Gasteiger partial charge in [-0.05, 0) is 17.7 Å². The fraction of sp³-hybridized carbons (Fsp3) is 0.0714. The lowest BCUT2D eigenvalue weighted by Crippen LogP contribution is -2.15. The molecule has 1 heterocycles. The molecule has 20 heavy (non-hydrogen) atoms. The molecule has 0 unspecified atom stereocenters. The zero-order valence-corrected chi connectivity index (χ0v) is 10.4. The Balaban J connectivity index is 1.91. The van der Waals surface area contributed by atoms with Crippen LogP contribution in [-0.4, -0.2) is 22.2 Å². The molecular formula is C14H12N2O4. The van der Waals surface area contributed by atoms with E-state index in [0.717, 1.165) is 5.56 Å². The number of rotatable bonds is 4. The largest absolute Gasteiger partial charge is 0.477 e. The second-order valence-electron chi connectivity index (χ2n) is 3.90. The molecule has 0 radical (unpaired) electrons. The van der Waals surface area contributed by atoms with Crippen molar-refractivity contribution in [3.05, 3.63) is 59.8 Å². The van der Waals surface area contributed by atoms with Crippen molar-refractivity contribution in [2.75, 3.05) is 5.32 Å². The minimum absolute atomic E-state index is 0.128. The molecule has 0 bridgehead atoms. The first-order chi connectivity index (χ1) is 9.65. The Morgan fingerprint density at radius 3 is 2.55 bits per heavy atom. The van der Waals surface area contributed by atoms with Gasteiger partial charge in [-0.2, -0.15) is 0 Å². The van der Waals surface area contributed by atoms with Gasteiger partial charge in [0.2, 0.25) is 0 Å². The summed E-state index contributed by atoms with van der Waals surface area (Å²) in [6.07, 6.45) is -0.691. The minimum Gasteiger partial charge on any atom is -0.477 e. The standard InChI is InChI=1S/C14H12N2O4/c17-13(18)11-7-4-8-12(15-11)16-14(19)20-9-10-5-2-1-3-6-10/h1-8H,9H2,(H,17,18)(H,15,16,19). The number of carboxylic acids is 1. The molecule has 0 aliphatic carbocycles. The van der Waals surface area contributed by atoms with E-state index in [9.17, 15) is 9.59 Å². The van der Waals surface area contributed by atoms with Crippen molar-refractivity contribution in [1.29, 1.82) is 0 Å². The predicted octanol–water partition coefficient (Wildman–Crippen LogP) is 2.53. The molecule has 0 spiro atoms. The third-order valence-corrected chi connectivity index (χ3v) is 2.41. The molecule has 0 fully saturated rings. The molecule has 0 saturated heterocycles. The van der Waals surface area contributed by atoms with E-state index in [4.69, 9.17) is 9.84 Å². The summed E-state index contributed by atoms with van der Waals surface area (Å²) in [5.74, 6) is -1.03. The number of carboxylic acid groups (broad SMARTS) is 1. The van der Waals surface area contributed by atoms with E-state index in [1.165, 1.54) is 18.2 Å². The van der Waals surface area contributed by atoms with Crippen molar-refractivity contribution in [2.24, 2.45) is 0 Å². The van der Waals surface area contributed by atoms with Crippen molar-refractivity contribution in [3.63, 3.8) is 0 Å². The van der Waals surface area contributed by atoms with Crippen molar-refractivity contribution >= 4 is 17.9 Å².